The predicted octanol–water partition coefficient (Wildman–Crippen LogP) is 3.42. The van der Waals surface area contributed by atoms with Crippen LogP contribution in [0.15, 0.2) is 42.5 Å². The largest absolute Gasteiger partial charge is 0.399 e. The number of anilines is 1. The maximum absolute atomic E-state index is 13.6. The van der Waals surface area contributed by atoms with E-state index < -0.39 is 5.82 Å². The van der Waals surface area contributed by atoms with E-state index in [4.69, 9.17) is 17.3 Å². The smallest absolute Gasteiger partial charge is 0.141 e. The number of ketones is 1. The van der Waals surface area contributed by atoms with Gasteiger partial charge in [0, 0.05) is 23.6 Å². The minimum Gasteiger partial charge on any atom is -0.399 e. The van der Waals surface area contributed by atoms with Crippen molar-refractivity contribution in [1.29, 1.82) is 0 Å². The van der Waals surface area contributed by atoms with Gasteiger partial charge in [0.1, 0.15) is 11.6 Å². The second-order valence-electron chi connectivity index (χ2n) is 4.37. The van der Waals surface area contributed by atoms with Crippen LogP contribution in [0.1, 0.15) is 11.1 Å². The molecule has 0 amide bonds. The van der Waals surface area contributed by atoms with Gasteiger partial charge >= 0.3 is 0 Å². The number of rotatable bonds is 4. The van der Waals surface area contributed by atoms with Crippen molar-refractivity contribution >= 4 is 23.1 Å². The van der Waals surface area contributed by atoms with E-state index in [9.17, 15) is 9.18 Å². The molecule has 0 aliphatic carbocycles. The number of Topliss-reactive ketones (excluding diaryl/α,β-unsaturated/α-hetero) is 1. The number of carbonyl (C=O) groups is 1. The second-order valence-corrected chi connectivity index (χ2v) is 4.81. The minimum absolute atomic E-state index is 0.0534. The highest BCUT2D eigenvalue weighted by Gasteiger charge is 2.09. The molecule has 0 aliphatic rings. The Balaban J connectivity index is 2.05. The minimum atomic E-state index is -0.451. The topological polar surface area (TPSA) is 43.1 Å². The molecule has 0 saturated heterocycles. The van der Waals surface area contributed by atoms with Crippen LogP contribution in [-0.4, -0.2) is 5.78 Å². The first-order valence-corrected chi connectivity index (χ1v) is 6.22. The van der Waals surface area contributed by atoms with Crippen LogP contribution in [0.4, 0.5) is 10.1 Å². The fourth-order valence-corrected chi connectivity index (χ4v) is 2.03. The highest BCUT2D eigenvalue weighted by molar-refractivity contribution is 6.30. The number of hydrogen-bond donors (Lipinski definition) is 1. The average molecular weight is 278 g/mol. The molecule has 0 radical (unpaired) electrons. The first-order valence-electron chi connectivity index (χ1n) is 5.84. The van der Waals surface area contributed by atoms with E-state index in [-0.39, 0.29) is 18.6 Å². The van der Waals surface area contributed by atoms with Crippen molar-refractivity contribution in [2.75, 3.05) is 5.73 Å². The number of nitrogen functional groups attached to an aromatic ring is 1. The lowest BCUT2D eigenvalue weighted by atomic mass is 10.0. The molecule has 0 spiro atoms. The van der Waals surface area contributed by atoms with E-state index in [2.05, 4.69) is 0 Å². The van der Waals surface area contributed by atoms with Gasteiger partial charge in [-0.25, -0.2) is 4.39 Å². The first kappa shape index (κ1) is 13.6. The van der Waals surface area contributed by atoms with E-state index in [1.165, 1.54) is 12.1 Å². The maximum Gasteiger partial charge on any atom is 0.141 e. The molecule has 0 bridgehead atoms. The van der Waals surface area contributed by atoms with Crippen LogP contribution in [-0.2, 0) is 17.6 Å². The van der Waals surface area contributed by atoms with Crippen molar-refractivity contribution in [3.05, 3.63) is 64.4 Å². The summed E-state index contributed by atoms with van der Waals surface area (Å²) in [7, 11) is 0. The zero-order chi connectivity index (χ0) is 13.8. The van der Waals surface area contributed by atoms with Crippen molar-refractivity contribution in [3.63, 3.8) is 0 Å². The monoisotopic (exact) mass is 277 g/mol. The molecule has 2 nitrogen and oxygen atoms in total. The van der Waals surface area contributed by atoms with E-state index in [0.29, 0.717) is 16.3 Å². The van der Waals surface area contributed by atoms with Gasteiger partial charge in [-0.05, 0) is 35.4 Å². The second kappa shape index (κ2) is 5.85. The quantitative estimate of drug-likeness (QED) is 0.870. The Kier molecular flexibility index (Phi) is 4.17. The molecule has 0 fully saturated rings. The van der Waals surface area contributed by atoms with Crippen LogP contribution in [0.25, 0.3) is 0 Å². The van der Waals surface area contributed by atoms with E-state index in [1.807, 2.05) is 6.07 Å². The summed E-state index contributed by atoms with van der Waals surface area (Å²) in [4.78, 5) is 11.9. The van der Waals surface area contributed by atoms with Crippen molar-refractivity contribution in [2.24, 2.45) is 0 Å². The SMILES string of the molecule is Nc1cccc(CC(=O)Cc2ccc(Cl)cc2F)c1. The average Bonchev–Trinajstić information content (AvgIpc) is 2.33. The van der Waals surface area contributed by atoms with Gasteiger partial charge < -0.3 is 5.73 Å². The van der Waals surface area contributed by atoms with Crippen molar-refractivity contribution in [3.8, 4) is 0 Å². The van der Waals surface area contributed by atoms with Crippen LogP contribution in [0, 0.1) is 5.82 Å². The normalized spacial score (nSPS) is 10.4. The summed E-state index contributed by atoms with van der Waals surface area (Å²) >= 11 is 5.66. The molecule has 2 aromatic rings. The third-order valence-corrected chi connectivity index (χ3v) is 2.99. The lowest BCUT2D eigenvalue weighted by molar-refractivity contribution is -0.117. The summed E-state index contributed by atoms with van der Waals surface area (Å²) in [5.41, 5.74) is 7.45. The molecular formula is C15H13ClFNO. The zero-order valence-electron chi connectivity index (χ0n) is 10.2. The molecular weight excluding hydrogens is 265 g/mol. The highest BCUT2D eigenvalue weighted by Crippen LogP contribution is 2.16. The van der Waals surface area contributed by atoms with Crippen LogP contribution in [0.5, 0.6) is 0 Å². The molecule has 2 rings (SSSR count). The molecule has 4 heteroatoms. The van der Waals surface area contributed by atoms with Crippen LogP contribution < -0.4 is 5.73 Å². The van der Waals surface area contributed by atoms with Gasteiger partial charge in [0.25, 0.3) is 0 Å². The Morgan fingerprint density at radius 3 is 2.63 bits per heavy atom. The van der Waals surface area contributed by atoms with Crippen molar-refractivity contribution in [2.45, 2.75) is 12.8 Å². The standard InChI is InChI=1S/C15H13ClFNO/c16-12-5-4-11(15(17)9-12)8-14(19)7-10-2-1-3-13(18)6-10/h1-6,9H,7-8,18H2. The highest BCUT2D eigenvalue weighted by atomic mass is 35.5. The molecule has 0 atom stereocenters. The summed E-state index contributed by atoms with van der Waals surface area (Å²) in [6.07, 6.45) is 0.297. The number of halogens is 2. The summed E-state index contributed by atoms with van der Waals surface area (Å²) in [6, 6.07) is 11.4. The first-order chi connectivity index (χ1) is 9.04. The van der Waals surface area contributed by atoms with Crippen molar-refractivity contribution < 1.29 is 9.18 Å². The Labute approximate surface area is 116 Å². The number of carbonyl (C=O) groups excluding carboxylic acids is 1. The molecule has 19 heavy (non-hydrogen) atoms. The van der Waals surface area contributed by atoms with Gasteiger partial charge in [-0.1, -0.05) is 29.8 Å². The fraction of sp³-hybridized carbons (Fsp3) is 0.133. The third kappa shape index (κ3) is 3.80. The third-order valence-electron chi connectivity index (χ3n) is 2.76. The van der Waals surface area contributed by atoms with Crippen molar-refractivity contribution in [1.82, 2.24) is 0 Å². The number of benzene rings is 2. The van der Waals surface area contributed by atoms with Gasteiger partial charge in [0.15, 0.2) is 0 Å². The number of hydrogen-bond acceptors (Lipinski definition) is 2. The van der Waals surface area contributed by atoms with E-state index in [1.54, 1.807) is 24.3 Å². The predicted molar refractivity (Wildman–Crippen MR) is 74.7 cm³/mol. The molecule has 0 saturated carbocycles. The molecule has 0 unspecified atom stereocenters. The number of nitrogens with two attached hydrogens (primary N) is 1. The van der Waals surface area contributed by atoms with Gasteiger partial charge in [-0.3, -0.25) is 4.79 Å². The van der Waals surface area contributed by atoms with Gasteiger partial charge in [0.05, 0.1) is 0 Å². The Hall–Kier alpha value is -1.87. The van der Waals surface area contributed by atoms with Gasteiger partial charge in [-0.15, -0.1) is 0 Å². The maximum atomic E-state index is 13.6. The molecule has 0 aliphatic heterocycles. The summed E-state index contributed by atoms with van der Waals surface area (Å²) in [5, 5.41) is 0.324. The Morgan fingerprint density at radius 2 is 1.95 bits per heavy atom. The van der Waals surface area contributed by atoms with E-state index in [0.717, 1.165) is 5.56 Å². The molecule has 0 heterocycles. The van der Waals surface area contributed by atoms with Gasteiger partial charge in [-0.2, -0.15) is 0 Å². The molecule has 98 valence electrons. The summed E-state index contributed by atoms with van der Waals surface area (Å²) in [6.45, 7) is 0. The fourth-order valence-electron chi connectivity index (χ4n) is 1.87. The molecule has 2 aromatic carbocycles. The molecule has 0 aromatic heterocycles. The van der Waals surface area contributed by atoms with Gasteiger partial charge in [0.2, 0.25) is 0 Å². The summed E-state index contributed by atoms with van der Waals surface area (Å²) < 4.78 is 13.6. The Morgan fingerprint density at radius 1 is 1.16 bits per heavy atom. The zero-order valence-corrected chi connectivity index (χ0v) is 11.0. The summed E-state index contributed by atoms with van der Waals surface area (Å²) in [5.74, 6) is -0.514. The Bertz CT molecular complexity index is 613. The van der Waals surface area contributed by atoms with Crippen LogP contribution in [0.3, 0.4) is 0 Å². The van der Waals surface area contributed by atoms with Crippen LogP contribution in [0.2, 0.25) is 5.02 Å². The molecule has 2 N–H and O–H groups in total. The lowest BCUT2D eigenvalue weighted by Crippen LogP contribution is -2.08. The van der Waals surface area contributed by atoms with E-state index >= 15 is 0 Å². The van der Waals surface area contributed by atoms with Crippen LogP contribution >= 0.6 is 11.6 Å². The lowest BCUT2D eigenvalue weighted by Gasteiger charge is -2.04.